The summed E-state index contributed by atoms with van der Waals surface area (Å²) in [7, 11) is -3.79. The summed E-state index contributed by atoms with van der Waals surface area (Å²) in [5.74, 6) is -0.578. The molecule has 2 aromatic rings. The molecule has 0 aliphatic carbocycles. The van der Waals surface area contributed by atoms with E-state index in [9.17, 15) is 18.0 Å². The highest BCUT2D eigenvalue weighted by molar-refractivity contribution is 7.92. The van der Waals surface area contributed by atoms with Crippen molar-refractivity contribution in [1.82, 2.24) is 10.2 Å². The molecule has 0 saturated carbocycles. The molecule has 0 aromatic heterocycles. The molecular formula is C26H35Cl2N3O4S. The largest absolute Gasteiger partial charge is 0.354 e. The summed E-state index contributed by atoms with van der Waals surface area (Å²) in [5.41, 5.74) is 2.02. The highest BCUT2D eigenvalue weighted by Crippen LogP contribution is 2.25. The van der Waals surface area contributed by atoms with Gasteiger partial charge in [0.15, 0.2) is 0 Å². The molecule has 2 aromatic carbocycles. The van der Waals surface area contributed by atoms with Crippen molar-refractivity contribution in [2.24, 2.45) is 0 Å². The molecule has 1 N–H and O–H groups in total. The fraction of sp³-hybridized carbons (Fsp3) is 0.462. The van der Waals surface area contributed by atoms with Crippen LogP contribution in [0.3, 0.4) is 0 Å². The molecule has 198 valence electrons. The van der Waals surface area contributed by atoms with Crippen LogP contribution >= 0.6 is 23.2 Å². The summed E-state index contributed by atoms with van der Waals surface area (Å²) in [4.78, 5) is 27.8. The SMILES string of the molecule is CCCCNC(=O)C(C)N(Cc1ccc(Cl)cc1Cl)C(=O)CN(c1ccc(C(C)C)cc1)S(C)(=O)=O. The maximum atomic E-state index is 13.6. The lowest BCUT2D eigenvalue weighted by molar-refractivity contribution is -0.139. The molecule has 0 spiro atoms. The van der Waals surface area contributed by atoms with Gasteiger partial charge < -0.3 is 10.2 Å². The number of hydrogen-bond donors (Lipinski definition) is 1. The quantitative estimate of drug-likeness (QED) is 0.364. The first-order valence-electron chi connectivity index (χ1n) is 11.9. The first kappa shape index (κ1) is 29.9. The van der Waals surface area contributed by atoms with Crippen molar-refractivity contribution in [3.8, 4) is 0 Å². The van der Waals surface area contributed by atoms with E-state index in [2.05, 4.69) is 5.32 Å². The van der Waals surface area contributed by atoms with Crippen molar-refractivity contribution in [3.05, 3.63) is 63.6 Å². The number of halogens is 2. The molecule has 0 saturated heterocycles. The second-order valence-corrected chi connectivity index (χ2v) is 11.8. The Hall–Kier alpha value is -2.29. The molecular weight excluding hydrogens is 521 g/mol. The molecule has 36 heavy (non-hydrogen) atoms. The van der Waals surface area contributed by atoms with E-state index in [-0.39, 0.29) is 18.4 Å². The summed E-state index contributed by atoms with van der Waals surface area (Å²) in [6.07, 6.45) is 2.78. The number of nitrogens with zero attached hydrogens (tertiary/aromatic N) is 2. The van der Waals surface area contributed by atoms with E-state index in [1.54, 1.807) is 37.3 Å². The van der Waals surface area contributed by atoms with Crippen LogP contribution in [0, 0.1) is 0 Å². The number of unbranched alkanes of at least 4 members (excludes halogenated alkanes) is 1. The minimum atomic E-state index is -3.79. The van der Waals surface area contributed by atoms with Crippen molar-refractivity contribution in [1.29, 1.82) is 0 Å². The molecule has 2 rings (SSSR count). The smallest absolute Gasteiger partial charge is 0.244 e. The van der Waals surface area contributed by atoms with Gasteiger partial charge in [-0.05, 0) is 54.7 Å². The molecule has 1 unspecified atom stereocenters. The van der Waals surface area contributed by atoms with E-state index in [4.69, 9.17) is 23.2 Å². The van der Waals surface area contributed by atoms with Crippen LogP contribution in [-0.4, -0.2) is 50.5 Å². The Balaban J connectivity index is 2.38. The van der Waals surface area contributed by atoms with E-state index < -0.39 is 28.5 Å². The zero-order chi connectivity index (χ0) is 27.0. The molecule has 0 bridgehead atoms. The minimum Gasteiger partial charge on any atom is -0.354 e. The summed E-state index contributed by atoms with van der Waals surface area (Å²) >= 11 is 12.4. The fourth-order valence-electron chi connectivity index (χ4n) is 3.59. The van der Waals surface area contributed by atoms with Gasteiger partial charge in [-0.1, -0.05) is 68.6 Å². The fourth-order valence-corrected chi connectivity index (χ4v) is 4.91. The molecule has 2 amide bonds. The number of hydrogen-bond acceptors (Lipinski definition) is 4. The summed E-state index contributed by atoms with van der Waals surface area (Å²) in [6.45, 7) is 7.76. The Morgan fingerprint density at radius 1 is 1.03 bits per heavy atom. The third-order valence-corrected chi connectivity index (χ3v) is 7.61. The Labute approximate surface area is 224 Å². The number of benzene rings is 2. The van der Waals surface area contributed by atoms with E-state index in [0.29, 0.717) is 27.8 Å². The molecule has 0 radical (unpaired) electrons. The van der Waals surface area contributed by atoms with Gasteiger partial charge in [-0.15, -0.1) is 0 Å². The molecule has 1 atom stereocenters. The van der Waals surface area contributed by atoms with Gasteiger partial charge in [0, 0.05) is 23.1 Å². The van der Waals surface area contributed by atoms with Gasteiger partial charge in [0.2, 0.25) is 21.8 Å². The number of anilines is 1. The van der Waals surface area contributed by atoms with Crippen molar-refractivity contribution in [3.63, 3.8) is 0 Å². The van der Waals surface area contributed by atoms with Gasteiger partial charge in [0.05, 0.1) is 11.9 Å². The number of amides is 2. The van der Waals surface area contributed by atoms with Crippen LogP contribution in [-0.2, 0) is 26.2 Å². The van der Waals surface area contributed by atoms with E-state index in [1.807, 2.05) is 32.9 Å². The van der Waals surface area contributed by atoms with Crippen molar-refractivity contribution < 1.29 is 18.0 Å². The minimum absolute atomic E-state index is 0.0150. The predicted octanol–water partition coefficient (Wildman–Crippen LogP) is 5.22. The number of sulfonamides is 1. The van der Waals surface area contributed by atoms with Crippen LogP contribution in [0.4, 0.5) is 5.69 Å². The third-order valence-electron chi connectivity index (χ3n) is 5.88. The monoisotopic (exact) mass is 555 g/mol. The lowest BCUT2D eigenvalue weighted by Crippen LogP contribution is -2.51. The molecule has 0 aliphatic rings. The van der Waals surface area contributed by atoms with Gasteiger partial charge in [-0.25, -0.2) is 8.42 Å². The third kappa shape index (κ3) is 8.39. The molecule has 0 fully saturated rings. The van der Waals surface area contributed by atoms with Crippen LogP contribution in [0.15, 0.2) is 42.5 Å². The molecule has 10 heteroatoms. The maximum Gasteiger partial charge on any atom is 0.244 e. The Bertz CT molecular complexity index is 1150. The van der Waals surface area contributed by atoms with Gasteiger partial charge in [-0.2, -0.15) is 0 Å². The van der Waals surface area contributed by atoms with Crippen molar-refractivity contribution in [2.75, 3.05) is 23.7 Å². The second-order valence-electron chi connectivity index (χ2n) is 9.09. The van der Waals surface area contributed by atoms with Crippen LogP contribution in [0.25, 0.3) is 0 Å². The second kappa shape index (κ2) is 13.3. The summed E-state index contributed by atoms with van der Waals surface area (Å²) in [6, 6.07) is 11.1. The van der Waals surface area contributed by atoms with Gasteiger partial charge in [-0.3, -0.25) is 13.9 Å². The van der Waals surface area contributed by atoms with Crippen LogP contribution in [0.5, 0.6) is 0 Å². The average molecular weight is 557 g/mol. The first-order chi connectivity index (χ1) is 16.8. The van der Waals surface area contributed by atoms with E-state index in [1.165, 1.54) is 4.90 Å². The van der Waals surface area contributed by atoms with Gasteiger partial charge in [0.25, 0.3) is 0 Å². The number of carbonyl (C=O) groups excluding carboxylic acids is 2. The Morgan fingerprint density at radius 3 is 2.19 bits per heavy atom. The summed E-state index contributed by atoms with van der Waals surface area (Å²) in [5, 5.41) is 3.64. The van der Waals surface area contributed by atoms with Crippen LogP contribution in [0.2, 0.25) is 10.0 Å². The topological polar surface area (TPSA) is 86.8 Å². The summed E-state index contributed by atoms with van der Waals surface area (Å²) < 4.78 is 26.4. The number of rotatable bonds is 12. The molecule has 0 heterocycles. The Kier molecular flexibility index (Phi) is 11.1. The zero-order valence-corrected chi connectivity index (χ0v) is 23.8. The average Bonchev–Trinajstić information content (AvgIpc) is 2.81. The normalized spacial score (nSPS) is 12.3. The zero-order valence-electron chi connectivity index (χ0n) is 21.4. The number of nitrogens with one attached hydrogen (secondary N) is 1. The first-order valence-corrected chi connectivity index (χ1v) is 14.5. The van der Waals surface area contributed by atoms with Crippen molar-refractivity contribution >= 4 is 50.7 Å². The van der Waals surface area contributed by atoms with Crippen molar-refractivity contribution in [2.45, 2.75) is 59.0 Å². The van der Waals surface area contributed by atoms with Crippen LogP contribution in [0.1, 0.15) is 57.6 Å². The van der Waals surface area contributed by atoms with Gasteiger partial charge >= 0.3 is 0 Å². The molecule has 7 nitrogen and oxygen atoms in total. The van der Waals surface area contributed by atoms with Crippen LogP contribution < -0.4 is 9.62 Å². The lowest BCUT2D eigenvalue weighted by atomic mass is 10.0. The van der Waals surface area contributed by atoms with E-state index in [0.717, 1.165) is 29.0 Å². The highest BCUT2D eigenvalue weighted by Gasteiger charge is 2.30. The van der Waals surface area contributed by atoms with E-state index >= 15 is 0 Å². The highest BCUT2D eigenvalue weighted by atomic mass is 35.5. The molecule has 0 aliphatic heterocycles. The predicted molar refractivity (Wildman–Crippen MR) is 147 cm³/mol. The van der Waals surface area contributed by atoms with Gasteiger partial charge in [0.1, 0.15) is 12.6 Å². The number of carbonyl (C=O) groups is 2. The lowest BCUT2D eigenvalue weighted by Gasteiger charge is -2.31. The standard InChI is InChI=1S/C26H35Cl2N3O4S/c1-6-7-14-29-26(33)19(4)30(16-21-8-11-22(27)15-24(21)28)25(32)17-31(36(5,34)35)23-12-9-20(10-13-23)18(2)3/h8-13,15,18-19H,6-7,14,16-17H2,1-5H3,(H,29,33). The maximum absolute atomic E-state index is 13.6. The Morgan fingerprint density at radius 2 is 1.67 bits per heavy atom.